The Hall–Kier alpha value is -3.73. The van der Waals surface area contributed by atoms with Crippen molar-refractivity contribution in [1.82, 2.24) is 24.6 Å². The number of nitrogens with zero attached hydrogens (tertiary/aromatic N) is 4. The van der Waals surface area contributed by atoms with Crippen molar-refractivity contribution in [2.75, 3.05) is 20.1 Å². The number of aryl methyl sites for hydroxylation is 1. The highest BCUT2D eigenvalue weighted by atomic mass is 16.7. The van der Waals surface area contributed by atoms with Gasteiger partial charge in [0.25, 0.3) is 11.8 Å². The first-order valence-electron chi connectivity index (χ1n) is 16.4. The first-order valence-corrected chi connectivity index (χ1v) is 16.4. The standard InChI is InChI=1S/C35H41N5O5/c1-4-38-20-22-18-27-25(24-12-8-13-26(38)30(22)24)17-23(19-37(27)3)31(41)36-34(2)33(43)40-28(16-21-10-6-5-7-11-21)32(42)39-15-9-14-29(39)35(40,44)45-34/h5-8,10-13,20,23,25,27-29,44H,4,9,14-19H2,1-3H3,(H,36,41)/t23-,25-,27-,28+,29+,34-,35+/m1/s1. The molecular formula is C35H41N5O5. The Labute approximate surface area is 262 Å². The number of carbonyl (C=O) groups excluding carboxylic acids is 3. The zero-order valence-corrected chi connectivity index (χ0v) is 26.1. The average molecular weight is 612 g/mol. The van der Waals surface area contributed by atoms with Crippen LogP contribution in [0, 0.1) is 5.92 Å². The van der Waals surface area contributed by atoms with Crippen LogP contribution in [0.4, 0.5) is 0 Å². The molecule has 0 radical (unpaired) electrons. The fourth-order valence-corrected chi connectivity index (χ4v) is 9.09. The quantitative estimate of drug-likeness (QED) is 0.460. The Balaban J connectivity index is 1.08. The monoisotopic (exact) mass is 611 g/mol. The molecule has 4 aliphatic heterocycles. The highest BCUT2D eigenvalue weighted by molar-refractivity contribution is 5.97. The van der Waals surface area contributed by atoms with Gasteiger partial charge in [0.1, 0.15) is 12.1 Å². The lowest BCUT2D eigenvalue weighted by atomic mass is 9.72. The summed E-state index contributed by atoms with van der Waals surface area (Å²) in [6, 6.07) is 14.6. The lowest BCUT2D eigenvalue weighted by molar-refractivity contribution is -0.315. The maximum atomic E-state index is 14.2. The summed E-state index contributed by atoms with van der Waals surface area (Å²) in [7, 11) is 2.08. The fourth-order valence-electron chi connectivity index (χ4n) is 9.09. The highest BCUT2D eigenvalue weighted by Crippen LogP contribution is 2.47. The van der Waals surface area contributed by atoms with Crippen LogP contribution < -0.4 is 5.32 Å². The van der Waals surface area contributed by atoms with E-state index < -0.39 is 29.6 Å². The lowest BCUT2D eigenvalue weighted by Crippen LogP contribution is -2.71. The topological polar surface area (TPSA) is 107 Å². The summed E-state index contributed by atoms with van der Waals surface area (Å²) >= 11 is 0. The van der Waals surface area contributed by atoms with Gasteiger partial charge in [-0.05, 0) is 69.3 Å². The molecule has 10 heteroatoms. The molecule has 1 aromatic heterocycles. The van der Waals surface area contributed by atoms with E-state index in [0.29, 0.717) is 32.4 Å². The van der Waals surface area contributed by atoms with Crippen LogP contribution in [0.15, 0.2) is 54.7 Å². The van der Waals surface area contributed by atoms with Gasteiger partial charge in [-0.1, -0.05) is 42.5 Å². The zero-order chi connectivity index (χ0) is 31.2. The van der Waals surface area contributed by atoms with Crippen LogP contribution in [0.2, 0.25) is 0 Å². The van der Waals surface area contributed by atoms with Crippen LogP contribution in [0.5, 0.6) is 0 Å². The van der Waals surface area contributed by atoms with Crippen molar-refractivity contribution in [3.63, 3.8) is 0 Å². The summed E-state index contributed by atoms with van der Waals surface area (Å²) in [5.74, 6) is -3.30. The minimum absolute atomic E-state index is 0.173. The number of benzene rings is 2. The van der Waals surface area contributed by atoms with Gasteiger partial charge in [-0.25, -0.2) is 0 Å². The second-order valence-corrected chi connectivity index (χ2v) is 13.8. The number of amides is 3. The number of hydrogen-bond donors (Lipinski definition) is 2. The SMILES string of the molecule is CCn1cc2c3c(cccc31)[C@H]1C[C@@H](C(=O)N[C@]3(C)O[C@@]4(O)[C@@H]5CCCN5C(=O)[C@H](Cc5ccccc5)N4C3=O)CN(C)[C@@H]1C2. The predicted molar refractivity (Wildman–Crippen MR) is 167 cm³/mol. The zero-order valence-electron chi connectivity index (χ0n) is 26.1. The molecule has 0 spiro atoms. The van der Waals surface area contributed by atoms with E-state index in [-0.39, 0.29) is 36.1 Å². The summed E-state index contributed by atoms with van der Waals surface area (Å²) in [5, 5.41) is 16.3. The van der Waals surface area contributed by atoms with Gasteiger partial charge >= 0.3 is 0 Å². The molecule has 0 bridgehead atoms. The Morgan fingerprint density at radius 3 is 2.71 bits per heavy atom. The van der Waals surface area contributed by atoms with E-state index in [9.17, 15) is 19.5 Å². The molecule has 10 nitrogen and oxygen atoms in total. The Kier molecular flexibility index (Phi) is 6.47. The van der Waals surface area contributed by atoms with Crippen LogP contribution in [-0.2, 0) is 38.5 Å². The van der Waals surface area contributed by atoms with E-state index in [1.165, 1.54) is 33.9 Å². The van der Waals surface area contributed by atoms with Crippen molar-refractivity contribution >= 4 is 28.6 Å². The van der Waals surface area contributed by atoms with Crippen molar-refractivity contribution in [2.24, 2.45) is 5.92 Å². The second kappa shape index (κ2) is 10.1. The minimum atomic E-state index is -2.03. The molecular weight excluding hydrogens is 570 g/mol. The minimum Gasteiger partial charge on any atom is -0.347 e. The Morgan fingerprint density at radius 1 is 1.13 bits per heavy atom. The third-order valence-electron chi connectivity index (χ3n) is 11.2. The molecule has 3 amide bonds. The number of piperidine rings is 1. The van der Waals surface area contributed by atoms with Gasteiger partial charge < -0.3 is 24.8 Å². The first kappa shape index (κ1) is 28.7. The van der Waals surface area contributed by atoms with Gasteiger partial charge in [0.2, 0.25) is 17.5 Å². The van der Waals surface area contributed by atoms with Crippen molar-refractivity contribution < 1.29 is 24.2 Å². The Bertz CT molecular complexity index is 1710. The van der Waals surface area contributed by atoms with E-state index in [1.807, 2.05) is 30.3 Å². The summed E-state index contributed by atoms with van der Waals surface area (Å²) in [6.07, 6.45) is 5.33. The lowest BCUT2D eigenvalue weighted by Gasteiger charge is -2.48. The van der Waals surface area contributed by atoms with Crippen LogP contribution in [0.25, 0.3) is 10.9 Å². The number of likely N-dealkylation sites (N-methyl/N-ethyl adjacent to an activating group) is 1. The molecule has 4 fully saturated rings. The van der Waals surface area contributed by atoms with Crippen molar-refractivity contribution in [3.8, 4) is 0 Å². The van der Waals surface area contributed by atoms with Gasteiger partial charge in [0.15, 0.2) is 0 Å². The molecule has 45 heavy (non-hydrogen) atoms. The van der Waals surface area contributed by atoms with Crippen molar-refractivity contribution in [2.45, 2.75) is 88.2 Å². The number of piperazine rings is 1. The largest absolute Gasteiger partial charge is 0.347 e. The van der Waals surface area contributed by atoms with Crippen molar-refractivity contribution in [1.29, 1.82) is 0 Å². The van der Waals surface area contributed by atoms with Crippen LogP contribution in [0.1, 0.15) is 55.7 Å². The molecule has 8 rings (SSSR count). The molecule has 236 valence electrons. The molecule has 1 aliphatic carbocycles. The average Bonchev–Trinajstić information content (AvgIpc) is 3.72. The van der Waals surface area contributed by atoms with Crippen molar-refractivity contribution in [3.05, 3.63) is 71.4 Å². The summed E-state index contributed by atoms with van der Waals surface area (Å²) < 4.78 is 8.58. The summed E-state index contributed by atoms with van der Waals surface area (Å²) in [5.41, 5.74) is 2.94. The van der Waals surface area contributed by atoms with Crippen LogP contribution in [-0.4, -0.2) is 92.0 Å². The van der Waals surface area contributed by atoms with Gasteiger partial charge in [0.05, 0.1) is 5.92 Å². The third kappa shape index (κ3) is 4.15. The summed E-state index contributed by atoms with van der Waals surface area (Å²) in [6.45, 7) is 5.63. The van der Waals surface area contributed by atoms with E-state index in [4.69, 9.17) is 4.74 Å². The number of rotatable bonds is 5. The van der Waals surface area contributed by atoms with Gasteiger partial charge in [-0.3, -0.25) is 24.0 Å². The number of aliphatic hydroxyl groups is 1. The molecule has 3 aromatic rings. The molecule has 2 aromatic carbocycles. The maximum Gasteiger partial charge on any atom is 0.280 e. The second-order valence-electron chi connectivity index (χ2n) is 13.8. The molecule has 2 N–H and O–H groups in total. The van der Waals surface area contributed by atoms with E-state index in [1.54, 1.807) is 4.90 Å². The van der Waals surface area contributed by atoms with Gasteiger partial charge in [-0.15, -0.1) is 0 Å². The first-order chi connectivity index (χ1) is 21.6. The molecule has 0 saturated carbocycles. The van der Waals surface area contributed by atoms with E-state index in [0.717, 1.165) is 18.5 Å². The predicted octanol–water partition coefficient (Wildman–Crippen LogP) is 2.57. The molecule has 5 heterocycles. The number of carbonyl (C=O) groups is 3. The fraction of sp³-hybridized carbons (Fsp3) is 0.514. The van der Waals surface area contributed by atoms with Crippen LogP contribution >= 0.6 is 0 Å². The molecule has 0 unspecified atom stereocenters. The number of ether oxygens (including phenoxy) is 1. The molecule has 7 atom stereocenters. The number of aromatic nitrogens is 1. The van der Waals surface area contributed by atoms with E-state index in [2.05, 4.69) is 53.2 Å². The number of nitrogens with one attached hydrogen (secondary N) is 1. The van der Waals surface area contributed by atoms with Gasteiger partial charge in [-0.2, -0.15) is 0 Å². The van der Waals surface area contributed by atoms with Gasteiger partial charge in [0, 0.05) is 55.1 Å². The highest BCUT2D eigenvalue weighted by Gasteiger charge is 2.70. The molecule has 5 aliphatic rings. The number of likely N-dealkylation sites (tertiary alicyclic amines) is 1. The van der Waals surface area contributed by atoms with Crippen LogP contribution in [0.3, 0.4) is 0 Å². The third-order valence-corrected chi connectivity index (χ3v) is 11.2. The smallest absolute Gasteiger partial charge is 0.280 e. The maximum absolute atomic E-state index is 14.2. The number of fused-ring (bicyclic) bond motifs is 5. The molecule has 4 saturated heterocycles. The normalized spacial score (nSPS) is 34.2. The summed E-state index contributed by atoms with van der Waals surface area (Å²) in [4.78, 5) is 47.2. The number of hydrogen-bond acceptors (Lipinski definition) is 6. The Morgan fingerprint density at radius 2 is 1.93 bits per heavy atom. The van der Waals surface area contributed by atoms with E-state index >= 15 is 0 Å².